The SMILES string of the molecule is CCOCCS(=O)(=O)N1CC(C)OC(CCl)C1. The molecule has 1 saturated heterocycles. The predicted molar refractivity (Wildman–Crippen MR) is 66.9 cm³/mol. The number of halogens is 1. The van der Waals surface area contributed by atoms with Gasteiger partial charge in [-0.05, 0) is 13.8 Å². The standard InChI is InChI=1S/C10H20ClNO4S/c1-3-15-4-5-17(13,14)12-7-9(2)16-10(6-11)8-12/h9-10H,3-8H2,1-2H3. The van der Waals surface area contributed by atoms with Gasteiger partial charge in [0.2, 0.25) is 10.0 Å². The Morgan fingerprint density at radius 2 is 2.18 bits per heavy atom. The number of nitrogens with zero attached hydrogens (tertiary/aromatic N) is 1. The van der Waals surface area contributed by atoms with E-state index < -0.39 is 10.0 Å². The third-order valence-corrected chi connectivity index (χ3v) is 4.66. The molecular weight excluding hydrogens is 266 g/mol. The maximum atomic E-state index is 12.0. The molecule has 1 rings (SSSR count). The highest BCUT2D eigenvalue weighted by Gasteiger charge is 2.32. The molecule has 1 fully saturated rings. The number of hydrogen-bond donors (Lipinski definition) is 0. The third kappa shape index (κ3) is 4.71. The van der Waals surface area contributed by atoms with E-state index in [1.165, 1.54) is 4.31 Å². The Morgan fingerprint density at radius 3 is 2.76 bits per heavy atom. The lowest BCUT2D eigenvalue weighted by Gasteiger charge is -2.35. The van der Waals surface area contributed by atoms with Crippen molar-refractivity contribution in [3.05, 3.63) is 0 Å². The monoisotopic (exact) mass is 285 g/mol. The first-order valence-electron chi connectivity index (χ1n) is 5.76. The van der Waals surface area contributed by atoms with Gasteiger partial charge in [-0.1, -0.05) is 0 Å². The van der Waals surface area contributed by atoms with Crippen LogP contribution < -0.4 is 0 Å². The van der Waals surface area contributed by atoms with Crippen LogP contribution in [-0.4, -0.2) is 62.9 Å². The van der Waals surface area contributed by atoms with Crippen LogP contribution in [0.4, 0.5) is 0 Å². The number of ether oxygens (including phenoxy) is 2. The van der Waals surface area contributed by atoms with Crippen LogP contribution in [0.15, 0.2) is 0 Å². The first-order chi connectivity index (χ1) is 7.99. The van der Waals surface area contributed by atoms with Crippen LogP contribution in [0.5, 0.6) is 0 Å². The molecule has 0 bridgehead atoms. The van der Waals surface area contributed by atoms with Gasteiger partial charge in [-0.25, -0.2) is 8.42 Å². The summed E-state index contributed by atoms with van der Waals surface area (Å²) in [4.78, 5) is 0. The number of alkyl halides is 1. The molecule has 5 nitrogen and oxygen atoms in total. The molecule has 0 spiro atoms. The van der Waals surface area contributed by atoms with Crippen molar-refractivity contribution in [1.82, 2.24) is 4.31 Å². The van der Waals surface area contributed by atoms with Gasteiger partial charge in [-0.3, -0.25) is 0 Å². The maximum absolute atomic E-state index is 12.0. The van der Waals surface area contributed by atoms with Gasteiger partial charge >= 0.3 is 0 Å². The molecular formula is C10H20ClNO4S. The largest absolute Gasteiger partial charge is 0.381 e. The van der Waals surface area contributed by atoms with Crippen molar-refractivity contribution in [2.24, 2.45) is 0 Å². The van der Waals surface area contributed by atoms with Gasteiger partial charge in [-0.15, -0.1) is 11.6 Å². The van der Waals surface area contributed by atoms with E-state index in [-0.39, 0.29) is 24.6 Å². The second-order valence-corrected chi connectivity index (χ2v) is 6.45. The Hall–Kier alpha value is 0.120. The first-order valence-corrected chi connectivity index (χ1v) is 7.91. The molecule has 1 heterocycles. The molecule has 0 radical (unpaired) electrons. The lowest BCUT2D eigenvalue weighted by atomic mass is 10.3. The van der Waals surface area contributed by atoms with Gasteiger partial charge in [0.1, 0.15) is 0 Å². The average molecular weight is 286 g/mol. The fraction of sp³-hybridized carbons (Fsp3) is 1.00. The molecule has 0 amide bonds. The topological polar surface area (TPSA) is 55.8 Å². The molecule has 17 heavy (non-hydrogen) atoms. The summed E-state index contributed by atoms with van der Waals surface area (Å²) in [7, 11) is -3.26. The first kappa shape index (κ1) is 15.2. The Bertz CT molecular complexity index is 322. The molecule has 0 aromatic heterocycles. The van der Waals surface area contributed by atoms with Gasteiger partial charge < -0.3 is 9.47 Å². The number of morpholine rings is 1. The maximum Gasteiger partial charge on any atom is 0.216 e. The summed E-state index contributed by atoms with van der Waals surface area (Å²) in [5, 5.41) is 0. The summed E-state index contributed by atoms with van der Waals surface area (Å²) < 4.78 is 36.1. The predicted octanol–water partition coefficient (Wildman–Crippen LogP) is 0.681. The average Bonchev–Trinajstić information content (AvgIpc) is 2.28. The van der Waals surface area contributed by atoms with Gasteiger partial charge in [0.15, 0.2) is 0 Å². The molecule has 7 heteroatoms. The summed E-state index contributed by atoms with van der Waals surface area (Å²) in [5.74, 6) is 0.324. The van der Waals surface area contributed by atoms with E-state index in [4.69, 9.17) is 21.1 Å². The zero-order valence-electron chi connectivity index (χ0n) is 10.3. The van der Waals surface area contributed by atoms with Gasteiger partial charge in [0.05, 0.1) is 24.6 Å². The third-order valence-electron chi connectivity index (χ3n) is 2.55. The van der Waals surface area contributed by atoms with Crippen molar-refractivity contribution in [2.75, 3.05) is 37.9 Å². The Kier molecular flexibility index (Phi) is 6.16. The number of rotatable bonds is 6. The molecule has 0 N–H and O–H groups in total. The van der Waals surface area contributed by atoms with Crippen molar-refractivity contribution < 1.29 is 17.9 Å². The highest BCUT2D eigenvalue weighted by atomic mass is 35.5. The zero-order chi connectivity index (χ0) is 12.9. The second kappa shape index (κ2) is 6.89. The van der Waals surface area contributed by atoms with Crippen molar-refractivity contribution in [3.8, 4) is 0 Å². The lowest BCUT2D eigenvalue weighted by molar-refractivity contribution is -0.0424. The molecule has 2 atom stereocenters. The molecule has 0 aromatic carbocycles. The van der Waals surface area contributed by atoms with Gasteiger partial charge in [0, 0.05) is 25.6 Å². The van der Waals surface area contributed by atoms with Crippen LogP contribution in [0.3, 0.4) is 0 Å². The summed E-state index contributed by atoms with van der Waals surface area (Å²) >= 11 is 5.72. The molecule has 102 valence electrons. The van der Waals surface area contributed by atoms with Gasteiger partial charge in [-0.2, -0.15) is 4.31 Å². The molecule has 1 aliphatic rings. The van der Waals surface area contributed by atoms with Crippen molar-refractivity contribution >= 4 is 21.6 Å². The Balaban J connectivity index is 2.57. The Labute approximate surface area is 108 Å². The second-order valence-electron chi connectivity index (χ2n) is 4.05. The molecule has 2 unspecified atom stereocenters. The van der Waals surface area contributed by atoms with Crippen LogP contribution >= 0.6 is 11.6 Å². The summed E-state index contributed by atoms with van der Waals surface area (Å²) in [5.41, 5.74) is 0. The smallest absolute Gasteiger partial charge is 0.216 e. The molecule has 1 aliphatic heterocycles. The fourth-order valence-corrected chi connectivity index (χ4v) is 3.34. The fourth-order valence-electron chi connectivity index (χ4n) is 1.75. The van der Waals surface area contributed by atoms with Crippen LogP contribution in [0, 0.1) is 0 Å². The molecule has 0 aromatic rings. The number of hydrogen-bond acceptors (Lipinski definition) is 4. The van der Waals surface area contributed by atoms with Crippen molar-refractivity contribution in [3.63, 3.8) is 0 Å². The van der Waals surface area contributed by atoms with Crippen LogP contribution in [0.1, 0.15) is 13.8 Å². The van der Waals surface area contributed by atoms with Crippen LogP contribution in [0.25, 0.3) is 0 Å². The van der Waals surface area contributed by atoms with Crippen LogP contribution in [-0.2, 0) is 19.5 Å². The van der Waals surface area contributed by atoms with E-state index in [0.717, 1.165) is 0 Å². The van der Waals surface area contributed by atoms with Crippen molar-refractivity contribution in [2.45, 2.75) is 26.1 Å². The minimum atomic E-state index is -3.26. The number of sulfonamides is 1. The minimum Gasteiger partial charge on any atom is -0.381 e. The van der Waals surface area contributed by atoms with E-state index in [9.17, 15) is 8.42 Å². The van der Waals surface area contributed by atoms with Crippen LogP contribution in [0.2, 0.25) is 0 Å². The zero-order valence-corrected chi connectivity index (χ0v) is 11.8. The lowest BCUT2D eigenvalue weighted by Crippen LogP contribution is -2.50. The highest BCUT2D eigenvalue weighted by molar-refractivity contribution is 7.89. The van der Waals surface area contributed by atoms with E-state index in [2.05, 4.69) is 0 Å². The summed E-state index contributed by atoms with van der Waals surface area (Å²) in [6.07, 6.45) is -0.336. The summed E-state index contributed by atoms with van der Waals surface area (Å²) in [6.45, 7) is 5.18. The normalized spacial score (nSPS) is 27.2. The van der Waals surface area contributed by atoms with E-state index in [0.29, 0.717) is 25.6 Å². The highest BCUT2D eigenvalue weighted by Crippen LogP contribution is 2.16. The Morgan fingerprint density at radius 1 is 1.47 bits per heavy atom. The molecule has 0 saturated carbocycles. The quantitative estimate of drug-likeness (QED) is 0.532. The van der Waals surface area contributed by atoms with E-state index >= 15 is 0 Å². The molecule has 0 aliphatic carbocycles. The summed E-state index contributed by atoms with van der Waals surface area (Å²) in [6, 6.07) is 0. The van der Waals surface area contributed by atoms with Crippen molar-refractivity contribution in [1.29, 1.82) is 0 Å². The van der Waals surface area contributed by atoms with E-state index in [1.54, 1.807) is 0 Å². The van der Waals surface area contributed by atoms with Gasteiger partial charge in [0.25, 0.3) is 0 Å². The minimum absolute atomic E-state index is 0.0164. The van der Waals surface area contributed by atoms with E-state index in [1.807, 2.05) is 13.8 Å².